The second-order valence-corrected chi connectivity index (χ2v) is 7.50. The van der Waals surface area contributed by atoms with Crippen LogP contribution in [-0.4, -0.2) is 69.1 Å². The minimum atomic E-state index is 0. The van der Waals surface area contributed by atoms with Crippen LogP contribution in [0.3, 0.4) is 0 Å². The van der Waals surface area contributed by atoms with Crippen molar-refractivity contribution in [2.24, 2.45) is 4.99 Å². The maximum absolute atomic E-state index is 5.79. The monoisotopic (exact) mass is 518 g/mol. The Hall–Kier alpha value is -1.26. The van der Waals surface area contributed by atoms with Crippen LogP contribution in [0.1, 0.15) is 32.8 Å². The average molecular weight is 518 g/mol. The molecule has 0 saturated carbocycles. The lowest BCUT2D eigenvalue weighted by Gasteiger charge is -2.35. The lowest BCUT2D eigenvalue weighted by Crippen LogP contribution is -2.45. The first kappa shape index (κ1) is 24.0. The van der Waals surface area contributed by atoms with E-state index in [0.29, 0.717) is 19.0 Å². The van der Waals surface area contributed by atoms with Gasteiger partial charge in [-0.05, 0) is 51.3 Å². The molecule has 0 aromatic heterocycles. The van der Waals surface area contributed by atoms with Gasteiger partial charge in [-0.2, -0.15) is 0 Å². The zero-order chi connectivity index (χ0) is 19.8. The van der Waals surface area contributed by atoms with Crippen molar-refractivity contribution < 1.29 is 14.2 Å². The van der Waals surface area contributed by atoms with Gasteiger partial charge in [-0.3, -0.25) is 9.89 Å². The molecule has 2 N–H and O–H groups in total. The van der Waals surface area contributed by atoms with Crippen LogP contribution in [0.2, 0.25) is 0 Å². The molecular formula is C21H35IN4O3. The first-order chi connectivity index (χ1) is 13.6. The highest BCUT2D eigenvalue weighted by atomic mass is 127. The van der Waals surface area contributed by atoms with Crippen molar-refractivity contribution in [3.8, 4) is 11.5 Å². The number of nitrogens with one attached hydrogen (secondary N) is 2. The van der Waals surface area contributed by atoms with Crippen molar-refractivity contribution in [1.82, 2.24) is 15.5 Å². The summed E-state index contributed by atoms with van der Waals surface area (Å²) in [5, 5.41) is 6.75. The summed E-state index contributed by atoms with van der Waals surface area (Å²) in [5.41, 5.74) is 1.23. The van der Waals surface area contributed by atoms with Gasteiger partial charge in [0, 0.05) is 39.3 Å². The fraction of sp³-hybridized carbons (Fsp3) is 0.667. The molecule has 0 radical (unpaired) electrons. The Balaban J connectivity index is 0.00000300. The third-order valence-corrected chi connectivity index (χ3v) is 4.88. The van der Waals surface area contributed by atoms with E-state index in [9.17, 15) is 0 Å². The molecule has 7 nitrogen and oxygen atoms in total. The van der Waals surface area contributed by atoms with Crippen molar-refractivity contribution in [2.75, 3.05) is 46.1 Å². The van der Waals surface area contributed by atoms with Crippen LogP contribution in [0.25, 0.3) is 0 Å². The van der Waals surface area contributed by atoms with Crippen LogP contribution in [0.15, 0.2) is 23.2 Å². The van der Waals surface area contributed by atoms with E-state index in [1.54, 1.807) is 0 Å². The van der Waals surface area contributed by atoms with Crippen LogP contribution in [0.4, 0.5) is 0 Å². The van der Waals surface area contributed by atoms with Gasteiger partial charge in [0.25, 0.3) is 0 Å². The fourth-order valence-corrected chi connectivity index (χ4v) is 3.72. The zero-order valence-electron chi connectivity index (χ0n) is 17.8. The molecule has 164 valence electrons. The molecule has 0 aliphatic carbocycles. The number of benzene rings is 1. The SMILES string of the molecule is CCNC(=NCCCN1CC(C)OC(C)C1)NCCc1ccc2c(c1)OCO2.I. The Kier molecular flexibility index (Phi) is 10.3. The second kappa shape index (κ2) is 12.4. The first-order valence-electron chi connectivity index (χ1n) is 10.4. The van der Waals surface area contributed by atoms with E-state index >= 15 is 0 Å². The van der Waals surface area contributed by atoms with E-state index in [1.165, 1.54) is 5.56 Å². The molecule has 0 amide bonds. The number of morpholine rings is 1. The maximum Gasteiger partial charge on any atom is 0.231 e. The summed E-state index contributed by atoms with van der Waals surface area (Å²) in [7, 11) is 0. The molecular weight excluding hydrogens is 483 g/mol. The minimum absolute atomic E-state index is 0. The summed E-state index contributed by atoms with van der Waals surface area (Å²) in [4.78, 5) is 7.20. The summed E-state index contributed by atoms with van der Waals surface area (Å²) < 4.78 is 16.6. The highest BCUT2D eigenvalue weighted by Crippen LogP contribution is 2.32. The minimum Gasteiger partial charge on any atom is -0.454 e. The number of rotatable bonds is 8. The summed E-state index contributed by atoms with van der Waals surface area (Å²) in [6, 6.07) is 6.12. The molecule has 29 heavy (non-hydrogen) atoms. The quantitative estimate of drug-likeness (QED) is 0.239. The van der Waals surface area contributed by atoms with Crippen molar-refractivity contribution >= 4 is 29.9 Å². The van der Waals surface area contributed by atoms with Crippen LogP contribution in [0.5, 0.6) is 11.5 Å². The molecule has 2 aliphatic rings. The molecule has 0 bridgehead atoms. The van der Waals surface area contributed by atoms with Gasteiger partial charge in [-0.1, -0.05) is 6.07 Å². The first-order valence-corrected chi connectivity index (χ1v) is 10.4. The standard InChI is InChI=1S/C21H34N4O3.HI/c1-4-22-21(23-9-5-11-25-13-16(2)28-17(3)14-25)24-10-8-18-6-7-19-20(12-18)27-15-26-19;/h6-7,12,16-17H,4-5,8-11,13-15H2,1-3H3,(H2,22,23,24);1H. The van der Waals surface area contributed by atoms with Gasteiger partial charge in [-0.25, -0.2) is 0 Å². The number of guanidine groups is 1. The molecule has 2 unspecified atom stereocenters. The number of ether oxygens (including phenoxy) is 3. The largest absolute Gasteiger partial charge is 0.454 e. The van der Waals surface area contributed by atoms with E-state index in [2.05, 4.69) is 48.4 Å². The third-order valence-electron chi connectivity index (χ3n) is 4.88. The van der Waals surface area contributed by atoms with E-state index in [4.69, 9.17) is 19.2 Å². The lowest BCUT2D eigenvalue weighted by atomic mass is 10.1. The number of hydrogen-bond donors (Lipinski definition) is 2. The highest BCUT2D eigenvalue weighted by molar-refractivity contribution is 14.0. The molecule has 2 heterocycles. The second-order valence-electron chi connectivity index (χ2n) is 7.50. The molecule has 1 aromatic rings. The third kappa shape index (κ3) is 7.82. The Labute approximate surface area is 191 Å². The van der Waals surface area contributed by atoms with Gasteiger partial charge in [0.2, 0.25) is 6.79 Å². The molecule has 1 saturated heterocycles. The number of nitrogens with zero attached hydrogens (tertiary/aromatic N) is 2. The van der Waals surface area contributed by atoms with Crippen LogP contribution >= 0.6 is 24.0 Å². The van der Waals surface area contributed by atoms with Gasteiger partial charge in [0.05, 0.1) is 12.2 Å². The summed E-state index contributed by atoms with van der Waals surface area (Å²) >= 11 is 0. The zero-order valence-corrected chi connectivity index (χ0v) is 20.1. The summed E-state index contributed by atoms with van der Waals surface area (Å²) in [6.45, 7) is 12.3. The lowest BCUT2D eigenvalue weighted by molar-refractivity contribution is -0.0679. The van der Waals surface area contributed by atoms with E-state index in [0.717, 1.165) is 69.6 Å². The molecule has 8 heteroatoms. The maximum atomic E-state index is 5.79. The van der Waals surface area contributed by atoms with Gasteiger partial charge in [0.15, 0.2) is 17.5 Å². The normalized spacial score (nSPS) is 21.6. The molecule has 1 fully saturated rings. The number of fused-ring (bicyclic) bond motifs is 1. The number of aliphatic imine (C=N–C) groups is 1. The van der Waals surface area contributed by atoms with Crippen molar-refractivity contribution in [1.29, 1.82) is 0 Å². The van der Waals surface area contributed by atoms with E-state index < -0.39 is 0 Å². The molecule has 3 rings (SSSR count). The Morgan fingerprint density at radius 3 is 2.66 bits per heavy atom. The van der Waals surface area contributed by atoms with Crippen LogP contribution in [0, 0.1) is 0 Å². The fourth-order valence-electron chi connectivity index (χ4n) is 3.72. The molecule has 2 aliphatic heterocycles. The molecule has 2 atom stereocenters. The van der Waals surface area contributed by atoms with Gasteiger partial charge in [0.1, 0.15) is 0 Å². The van der Waals surface area contributed by atoms with E-state index in [-0.39, 0.29) is 24.0 Å². The van der Waals surface area contributed by atoms with Crippen molar-refractivity contribution in [3.63, 3.8) is 0 Å². The predicted octanol–water partition coefficient (Wildman–Crippen LogP) is 2.63. The number of hydrogen-bond acceptors (Lipinski definition) is 5. The average Bonchev–Trinajstić information content (AvgIpc) is 3.12. The van der Waals surface area contributed by atoms with Crippen LogP contribution in [-0.2, 0) is 11.2 Å². The van der Waals surface area contributed by atoms with Gasteiger partial charge in [-0.15, -0.1) is 24.0 Å². The topological polar surface area (TPSA) is 67.4 Å². The van der Waals surface area contributed by atoms with E-state index in [1.807, 2.05) is 6.07 Å². The molecule has 0 spiro atoms. The Bertz CT molecular complexity index is 649. The predicted molar refractivity (Wildman–Crippen MR) is 127 cm³/mol. The summed E-state index contributed by atoms with van der Waals surface area (Å²) in [6.07, 6.45) is 2.60. The smallest absolute Gasteiger partial charge is 0.231 e. The van der Waals surface area contributed by atoms with Crippen molar-refractivity contribution in [2.45, 2.75) is 45.8 Å². The van der Waals surface area contributed by atoms with Crippen LogP contribution < -0.4 is 20.1 Å². The van der Waals surface area contributed by atoms with Gasteiger partial charge < -0.3 is 24.8 Å². The Morgan fingerprint density at radius 1 is 1.14 bits per heavy atom. The summed E-state index contributed by atoms with van der Waals surface area (Å²) in [5.74, 6) is 2.55. The van der Waals surface area contributed by atoms with Gasteiger partial charge >= 0.3 is 0 Å². The Morgan fingerprint density at radius 2 is 1.90 bits per heavy atom. The number of halogens is 1. The molecule has 1 aromatic carbocycles. The van der Waals surface area contributed by atoms with Crippen molar-refractivity contribution in [3.05, 3.63) is 23.8 Å². The highest BCUT2D eigenvalue weighted by Gasteiger charge is 2.21.